The minimum Gasteiger partial charge on any atom is -0.455 e. The van der Waals surface area contributed by atoms with Crippen LogP contribution in [0.4, 0.5) is 0 Å². The molecule has 98 valence electrons. The van der Waals surface area contributed by atoms with Crippen LogP contribution in [-0.4, -0.2) is 5.78 Å². The van der Waals surface area contributed by atoms with Crippen molar-refractivity contribution in [3.63, 3.8) is 0 Å². The maximum absolute atomic E-state index is 11.6. The molecule has 0 radical (unpaired) electrons. The number of hydrogen-bond acceptors (Lipinski definition) is 2. The largest absolute Gasteiger partial charge is 0.455 e. The Labute approximate surface area is 133 Å². The lowest BCUT2D eigenvalue weighted by atomic mass is 10.1. The van der Waals surface area contributed by atoms with Crippen molar-refractivity contribution >= 4 is 49.2 Å². The van der Waals surface area contributed by atoms with Crippen LogP contribution in [0.3, 0.4) is 0 Å². The average molecular weight is 404 g/mol. The fourth-order valence-electron chi connectivity index (χ4n) is 1.55. The van der Waals surface area contributed by atoms with Gasteiger partial charge in [0.2, 0.25) is 0 Å². The summed E-state index contributed by atoms with van der Waals surface area (Å²) in [5, 5.41) is 0.476. The summed E-state index contributed by atoms with van der Waals surface area (Å²) in [5.74, 6) is 0.923. The zero-order valence-corrected chi connectivity index (χ0v) is 13.8. The van der Waals surface area contributed by atoms with E-state index in [0.29, 0.717) is 22.1 Å². The molecule has 2 aromatic rings. The third-order valence-electron chi connectivity index (χ3n) is 2.44. The standard InChI is InChI=1S/C14H9Br2ClO2/c1-8(18)11-4-2-10(16)7-14(11)19-13-5-3-9(15)6-12(13)17/h2-7H,1H3. The molecule has 0 aliphatic carbocycles. The van der Waals surface area contributed by atoms with E-state index in [0.717, 1.165) is 8.95 Å². The van der Waals surface area contributed by atoms with Crippen molar-refractivity contribution in [1.29, 1.82) is 0 Å². The van der Waals surface area contributed by atoms with Crippen LogP contribution in [0.5, 0.6) is 11.5 Å². The van der Waals surface area contributed by atoms with Crippen molar-refractivity contribution in [3.05, 3.63) is 55.9 Å². The van der Waals surface area contributed by atoms with E-state index in [2.05, 4.69) is 31.9 Å². The van der Waals surface area contributed by atoms with E-state index in [-0.39, 0.29) is 5.78 Å². The lowest BCUT2D eigenvalue weighted by Crippen LogP contribution is -1.97. The van der Waals surface area contributed by atoms with Gasteiger partial charge in [-0.15, -0.1) is 0 Å². The maximum atomic E-state index is 11.6. The number of carbonyl (C=O) groups excluding carboxylic acids is 1. The zero-order chi connectivity index (χ0) is 14.0. The number of ketones is 1. The van der Waals surface area contributed by atoms with E-state index in [4.69, 9.17) is 16.3 Å². The molecule has 0 atom stereocenters. The summed E-state index contributed by atoms with van der Waals surface area (Å²) in [5.41, 5.74) is 0.516. The predicted molar refractivity (Wildman–Crippen MR) is 83.4 cm³/mol. The van der Waals surface area contributed by atoms with Gasteiger partial charge in [0.15, 0.2) is 5.78 Å². The second-order valence-corrected chi connectivity index (χ2v) is 6.11. The highest BCUT2D eigenvalue weighted by molar-refractivity contribution is 9.10. The van der Waals surface area contributed by atoms with Crippen molar-refractivity contribution in [2.24, 2.45) is 0 Å². The number of rotatable bonds is 3. The number of Topliss-reactive ketones (excluding diaryl/α,β-unsaturated/α-hetero) is 1. The first-order valence-electron chi connectivity index (χ1n) is 5.41. The molecule has 19 heavy (non-hydrogen) atoms. The predicted octanol–water partition coefficient (Wildman–Crippen LogP) is 5.86. The zero-order valence-electron chi connectivity index (χ0n) is 9.91. The Morgan fingerprint density at radius 1 is 1.05 bits per heavy atom. The maximum Gasteiger partial charge on any atom is 0.163 e. The van der Waals surface area contributed by atoms with E-state index >= 15 is 0 Å². The molecule has 5 heteroatoms. The van der Waals surface area contributed by atoms with Gasteiger partial charge in [-0.25, -0.2) is 0 Å². The smallest absolute Gasteiger partial charge is 0.163 e. The number of benzene rings is 2. The quantitative estimate of drug-likeness (QED) is 0.599. The number of ether oxygens (including phenoxy) is 1. The topological polar surface area (TPSA) is 26.3 Å². The fraction of sp³-hybridized carbons (Fsp3) is 0.0714. The van der Waals surface area contributed by atoms with Crippen LogP contribution in [0.2, 0.25) is 5.02 Å². The molecule has 0 fully saturated rings. The van der Waals surface area contributed by atoms with Gasteiger partial charge in [-0.1, -0.05) is 43.5 Å². The third-order valence-corrected chi connectivity index (χ3v) is 3.72. The van der Waals surface area contributed by atoms with E-state index < -0.39 is 0 Å². The molecule has 0 aliphatic rings. The number of carbonyl (C=O) groups is 1. The van der Waals surface area contributed by atoms with Gasteiger partial charge < -0.3 is 4.74 Å². The molecule has 0 aliphatic heterocycles. The molecule has 0 saturated heterocycles. The summed E-state index contributed by atoms with van der Waals surface area (Å²) < 4.78 is 7.43. The van der Waals surface area contributed by atoms with Gasteiger partial charge in [0.1, 0.15) is 11.5 Å². The fourth-order valence-corrected chi connectivity index (χ4v) is 2.60. The SMILES string of the molecule is CC(=O)c1ccc(Br)cc1Oc1ccc(Br)cc1Cl. The highest BCUT2D eigenvalue weighted by Crippen LogP contribution is 2.34. The molecule has 0 bridgehead atoms. The van der Waals surface area contributed by atoms with Crippen molar-refractivity contribution in [2.45, 2.75) is 6.92 Å². The molecule has 0 saturated carbocycles. The van der Waals surface area contributed by atoms with Crippen LogP contribution in [0.15, 0.2) is 45.3 Å². The summed E-state index contributed by atoms with van der Waals surface area (Å²) in [6, 6.07) is 10.6. The molecule has 2 aromatic carbocycles. The minimum atomic E-state index is -0.0595. The van der Waals surface area contributed by atoms with Crippen LogP contribution in [-0.2, 0) is 0 Å². The van der Waals surface area contributed by atoms with E-state index in [9.17, 15) is 4.79 Å². The summed E-state index contributed by atoms with van der Waals surface area (Å²) >= 11 is 12.8. The van der Waals surface area contributed by atoms with Crippen LogP contribution in [0, 0.1) is 0 Å². The summed E-state index contributed by atoms with van der Waals surface area (Å²) in [6.45, 7) is 1.50. The minimum absolute atomic E-state index is 0.0595. The second-order valence-electron chi connectivity index (χ2n) is 3.87. The van der Waals surface area contributed by atoms with E-state index in [1.54, 1.807) is 30.3 Å². The highest BCUT2D eigenvalue weighted by atomic mass is 79.9. The first-order valence-corrected chi connectivity index (χ1v) is 7.37. The second kappa shape index (κ2) is 6.07. The Hall–Kier alpha value is -0.840. The van der Waals surface area contributed by atoms with Gasteiger partial charge in [0.05, 0.1) is 10.6 Å². The molecule has 0 spiro atoms. The summed E-state index contributed by atoms with van der Waals surface area (Å²) in [4.78, 5) is 11.6. The highest BCUT2D eigenvalue weighted by Gasteiger charge is 2.12. The number of halogens is 3. The van der Waals surface area contributed by atoms with Crippen LogP contribution in [0.1, 0.15) is 17.3 Å². The Balaban J connectivity index is 2.42. The molecule has 0 aromatic heterocycles. The molecular formula is C14H9Br2ClO2. The normalized spacial score (nSPS) is 10.3. The van der Waals surface area contributed by atoms with Crippen molar-refractivity contribution in [2.75, 3.05) is 0 Å². The van der Waals surface area contributed by atoms with Gasteiger partial charge in [0, 0.05) is 8.95 Å². The molecule has 2 nitrogen and oxygen atoms in total. The molecular weight excluding hydrogens is 395 g/mol. The van der Waals surface area contributed by atoms with Crippen LogP contribution in [0.25, 0.3) is 0 Å². The first kappa shape index (κ1) is 14.6. The Morgan fingerprint density at radius 3 is 2.32 bits per heavy atom. The monoisotopic (exact) mass is 402 g/mol. The van der Waals surface area contributed by atoms with Gasteiger partial charge in [-0.05, 0) is 43.3 Å². The van der Waals surface area contributed by atoms with E-state index in [1.807, 2.05) is 6.07 Å². The Kier molecular flexibility index (Phi) is 4.66. The van der Waals surface area contributed by atoms with Gasteiger partial charge in [-0.3, -0.25) is 4.79 Å². The average Bonchev–Trinajstić information content (AvgIpc) is 2.32. The van der Waals surface area contributed by atoms with Crippen molar-refractivity contribution < 1.29 is 9.53 Å². The summed E-state index contributed by atoms with van der Waals surface area (Å²) in [6.07, 6.45) is 0. The van der Waals surface area contributed by atoms with Crippen molar-refractivity contribution in [3.8, 4) is 11.5 Å². The molecule has 0 heterocycles. The Morgan fingerprint density at radius 2 is 1.68 bits per heavy atom. The lowest BCUT2D eigenvalue weighted by molar-refractivity contribution is 0.101. The first-order chi connectivity index (χ1) is 8.97. The number of hydrogen-bond donors (Lipinski definition) is 0. The molecule has 2 rings (SSSR count). The van der Waals surface area contributed by atoms with Crippen LogP contribution < -0.4 is 4.74 Å². The summed E-state index contributed by atoms with van der Waals surface area (Å²) in [7, 11) is 0. The molecule has 0 N–H and O–H groups in total. The van der Waals surface area contributed by atoms with Gasteiger partial charge in [-0.2, -0.15) is 0 Å². The van der Waals surface area contributed by atoms with Crippen molar-refractivity contribution in [1.82, 2.24) is 0 Å². The van der Waals surface area contributed by atoms with Crippen LogP contribution >= 0.6 is 43.5 Å². The van der Waals surface area contributed by atoms with E-state index in [1.165, 1.54) is 6.92 Å². The molecule has 0 unspecified atom stereocenters. The Bertz CT molecular complexity index is 641. The van der Waals surface area contributed by atoms with Gasteiger partial charge in [0.25, 0.3) is 0 Å². The van der Waals surface area contributed by atoms with Gasteiger partial charge >= 0.3 is 0 Å². The lowest BCUT2D eigenvalue weighted by Gasteiger charge is -2.11. The third kappa shape index (κ3) is 3.59. The molecule has 0 amide bonds.